The van der Waals surface area contributed by atoms with Gasteiger partial charge in [-0.2, -0.15) is 5.26 Å². The van der Waals surface area contributed by atoms with Crippen LogP contribution in [0.15, 0.2) is 12.1 Å². The van der Waals surface area contributed by atoms with Gasteiger partial charge in [0, 0.05) is 11.1 Å². The fourth-order valence-electron chi connectivity index (χ4n) is 1.75. The highest BCUT2D eigenvalue weighted by Gasteiger charge is 2.22. The third kappa shape index (κ3) is 3.19. The standard InChI is InChI=1S/C13H4Cl6N2/c14-7-2-1-5(6(21-7)3-4-20)8-9(15)11(17)13(19)12(18)10(8)16/h1-2H,3H2. The summed E-state index contributed by atoms with van der Waals surface area (Å²) in [6.45, 7) is 0. The first-order valence-electron chi connectivity index (χ1n) is 5.42. The van der Waals surface area contributed by atoms with Crippen LogP contribution in [0.3, 0.4) is 0 Å². The van der Waals surface area contributed by atoms with Crippen LogP contribution in [-0.2, 0) is 6.42 Å². The van der Waals surface area contributed by atoms with Crippen molar-refractivity contribution in [2.75, 3.05) is 0 Å². The lowest BCUT2D eigenvalue weighted by Gasteiger charge is -2.14. The predicted molar refractivity (Wildman–Crippen MR) is 89.0 cm³/mol. The number of benzene rings is 1. The molecule has 0 amide bonds. The maximum Gasteiger partial charge on any atom is 0.129 e. The molecule has 2 nitrogen and oxygen atoms in total. The van der Waals surface area contributed by atoms with Crippen molar-refractivity contribution in [1.82, 2.24) is 4.98 Å². The van der Waals surface area contributed by atoms with Gasteiger partial charge in [-0.15, -0.1) is 0 Å². The van der Waals surface area contributed by atoms with Crippen molar-refractivity contribution < 1.29 is 0 Å². The molecule has 108 valence electrons. The summed E-state index contributed by atoms with van der Waals surface area (Å²) < 4.78 is 0. The molecule has 21 heavy (non-hydrogen) atoms. The lowest BCUT2D eigenvalue weighted by Crippen LogP contribution is -1.96. The molecule has 0 aliphatic carbocycles. The molecule has 0 fully saturated rings. The molecule has 0 radical (unpaired) electrons. The average Bonchev–Trinajstić information content (AvgIpc) is 2.46. The minimum absolute atomic E-state index is 0.0282. The van der Waals surface area contributed by atoms with E-state index < -0.39 is 0 Å². The number of pyridine rings is 1. The number of halogens is 6. The Balaban J connectivity index is 2.83. The number of hydrogen-bond donors (Lipinski definition) is 0. The Morgan fingerprint density at radius 3 is 1.90 bits per heavy atom. The monoisotopic (exact) mass is 398 g/mol. The van der Waals surface area contributed by atoms with Gasteiger partial charge in [-0.1, -0.05) is 69.6 Å². The van der Waals surface area contributed by atoms with E-state index in [0.717, 1.165) is 0 Å². The summed E-state index contributed by atoms with van der Waals surface area (Å²) in [5.41, 5.74) is 1.31. The van der Waals surface area contributed by atoms with Crippen LogP contribution in [0.25, 0.3) is 11.1 Å². The summed E-state index contributed by atoms with van der Waals surface area (Å²) in [4.78, 5) is 4.11. The summed E-state index contributed by atoms with van der Waals surface area (Å²) in [6.07, 6.45) is 0.0282. The van der Waals surface area contributed by atoms with E-state index in [9.17, 15) is 0 Å². The molecule has 1 aromatic carbocycles. The van der Waals surface area contributed by atoms with Crippen LogP contribution in [0.5, 0.6) is 0 Å². The molecule has 0 spiro atoms. The Bertz CT molecular complexity index is 737. The third-order valence-electron chi connectivity index (χ3n) is 2.67. The third-order valence-corrected chi connectivity index (χ3v) is 5.15. The van der Waals surface area contributed by atoms with Crippen LogP contribution < -0.4 is 0 Å². The first-order valence-corrected chi connectivity index (χ1v) is 7.69. The van der Waals surface area contributed by atoms with Gasteiger partial charge >= 0.3 is 0 Å². The molecular formula is C13H4Cl6N2. The molecule has 1 heterocycles. The largest absolute Gasteiger partial charge is 0.239 e. The molecule has 0 saturated carbocycles. The first kappa shape index (κ1) is 17.0. The summed E-state index contributed by atoms with van der Waals surface area (Å²) in [7, 11) is 0. The predicted octanol–water partition coefficient (Wildman–Crippen LogP) is 6.74. The Labute approximate surface area is 151 Å². The molecule has 0 aliphatic rings. The van der Waals surface area contributed by atoms with Crippen LogP contribution >= 0.6 is 69.6 Å². The van der Waals surface area contributed by atoms with Gasteiger partial charge in [0.15, 0.2) is 0 Å². The van der Waals surface area contributed by atoms with Crippen molar-refractivity contribution in [2.24, 2.45) is 0 Å². The summed E-state index contributed by atoms with van der Waals surface area (Å²) in [5, 5.41) is 9.67. The second-order valence-corrected chi connectivity index (χ2v) is 6.19. The van der Waals surface area contributed by atoms with Crippen LogP contribution in [0.1, 0.15) is 5.69 Å². The van der Waals surface area contributed by atoms with Crippen molar-refractivity contribution in [3.63, 3.8) is 0 Å². The zero-order valence-electron chi connectivity index (χ0n) is 10.0. The zero-order valence-corrected chi connectivity index (χ0v) is 14.6. The molecule has 2 aromatic rings. The van der Waals surface area contributed by atoms with Gasteiger partial charge in [0.1, 0.15) is 5.15 Å². The van der Waals surface area contributed by atoms with Gasteiger partial charge < -0.3 is 0 Å². The summed E-state index contributed by atoms with van der Waals surface area (Å²) in [6, 6.07) is 5.21. The molecule has 0 unspecified atom stereocenters. The highest BCUT2D eigenvalue weighted by molar-refractivity contribution is 6.56. The topological polar surface area (TPSA) is 36.7 Å². The van der Waals surface area contributed by atoms with Crippen LogP contribution in [0.2, 0.25) is 30.3 Å². The van der Waals surface area contributed by atoms with E-state index >= 15 is 0 Å². The van der Waals surface area contributed by atoms with Crippen molar-refractivity contribution in [3.8, 4) is 17.2 Å². The lowest BCUT2D eigenvalue weighted by molar-refractivity contribution is 1.12. The van der Waals surface area contributed by atoms with E-state index in [-0.39, 0.29) is 36.7 Å². The van der Waals surface area contributed by atoms with Gasteiger partial charge in [-0.05, 0) is 12.1 Å². The number of nitriles is 1. The minimum atomic E-state index is 0.0282. The molecule has 0 saturated heterocycles. The van der Waals surface area contributed by atoms with E-state index in [2.05, 4.69) is 4.98 Å². The van der Waals surface area contributed by atoms with E-state index in [0.29, 0.717) is 16.8 Å². The lowest BCUT2D eigenvalue weighted by atomic mass is 10.0. The SMILES string of the molecule is N#CCc1nc(Cl)ccc1-c1c(Cl)c(Cl)c(Cl)c(Cl)c1Cl. The fourth-order valence-corrected chi connectivity index (χ4v) is 3.26. The average molecular weight is 401 g/mol. The highest BCUT2D eigenvalue weighted by atomic mass is 35.5. The Morgan fingerprint density at radius 2 is 1.38 bits per heavy atom. The molecule has 0 aliphatic heterocycles. The summed E-state index contributed by atoms with van der Waals surface area (Å²) in [5.74, 6) is 0. The fraction of sp³-hybridized carbons (Fsp3) is 0.0769. The van der Waals surface area contributed by atoms with Gasteiger partial charge in [-0.25, -0.2) is 4.98 Å². The van der Waals surface area contributed by atoms with Gasteiger partial charge in [0.25, 0.3) is 0 Å². The van der Waals surface area contributed by atoms with Crippen molar-refractivity contribution >= 4 is 69.6 Å². The quantitative estimate of drug-likeness (QED) is 0.318. The number of nitrogens with zero attached hydrogens (tertiary/aromatic N) is 2. The van der Waals surface area contributed by atoms with Gasteiger partial charge in [-0.3, -0.25) is 0 Å². The van der Waals surface area contributed by atoms with Gasteiger partial charge in [0.2, 0.25) is 0 Å². The normalized spacial score (nSPS) is 10.5. The van der Waals surface area contributed by atoms with E-state index in [1.54, 1.807) is 12.1 Å². The maximum atomic E-state index is 8.90. The number of aromatic nitrogens is 1. The molecule has 0 atom stereocenters. The second-order valence-electron chi connectivity index (χ2n) is 3.91. The molecule has 2 rings (SSSR count). The van der Waals surface area contributed by atoms with Crippen molar-refractivity contribution in [1.29, 1.82) is 5.26 Å². The molecule has 8 heteroatoms. The second kappa shape index (κ2) is 6.79. The smallest absolute Gasteiger partial charge is 0.129 e. The van der Waals surface area contributed by atoms with Crippen molar-refractivity contribution in [3.05, 3.63) is 48.1 Å². The molecule has 0 bridgehead atoms. The highest BCUT2D eigenvalue weighted by Crippen LogP contribution is 2.48. The minimum Gasteiger partial charge on any atom is -0.239 e. The van der Waals surface area contributed by atoms with E-state index in [1.807, 2.05) is 6.07 Å². The summed E-state index contributed by atoms with van der Waals surface area (Å²) >= 11 is 36.3. The number of rotatable bonds is 2. The van der Waals surface area contributed by atoms with Crippen LogP contribution in [0, 0.1) is 11.3 Å². The Hall–Kier alpha value is -0.400. The zero-order chi connectivity index (χ0) is 15.7. The number of hydrogen-bond acceptors (Lipinski definition) is 2. The Morgan fingerprint density at radius 1 is 0.857 bits per heavy atom. The van der Waals surface area contributed by atoms with Crippen LogP contribution in [-0.4, -0.2) is 4.98 Å². The van der Waals surface area contributed by atoms with E-state index in [1.165, 1.54) is 0 Å². The van der Waals surface area contributed by atoms with E-state index in [4.69, 9.17) is 74.9 Å². The molecular weight excluding hydrogens is 397 g/mol. The van der Waals surface area contributed by atoms with Crippen molar-refractivity contribution in [2.45, 2.75) is 6.42 Å². The van der Waals surface area contributed by atoms with Gasteiger partial charge in [0.05, 0.1) is 43.3 Å². The first-order chi connectivity index (χ1) is 9.88. The Kier molecular flexibility index (Phi) is 5.48. The molecule has 0 N–H and O–H groups in total. The van der Waals surface area contributed by atoms with Crippen LogP contribution in [0.4, 0.5) is 0 Å². The molecule has 1 aromatic heterocycles. The maximum absolute atomic E-state index is 8.90.